The standard InChI is InChI=1S/C12H11ClN4/c13-10-6-14-3-1-12(10)17-4-2-11-9(7-17)5-15-8-16-11/h1,3,5-6,8H,2,4,7H2. The number of fused-ring (bicyclic) bond motifs is 1. The molecule has 2 aromatic heterocycles. The summed E-state index contributed by atoms with van der Waals surface area (Å²) in [7, 11) is 0. The van der Waals surface area contributed by atoms with Crippen molar-refractivity contribution in [3.8, 4) is 0 Å². The van der Waals surface area contributed by atoms with E-state index in [2.05, 4.69) is 19.9 Å². The van der Waals surface area contributed by atoms with Gasteiger partial charge in [0, 0.05) is 43.7 Å². The van der Waals surface area contributed by atoms with Crippen LogP contribution < -0.4 is 4.90 Å². The Morgan fingerprint density at radius 2 is 2.18 bits per heavy atom. The average molecular weight is 247 g/mol. The summed E-state index contributed by atoms with van der Waals surface area (Å²) in [5.74, 6) is 0. The SMILES string of the molecule is Clc1cnccc1N1CCc2ncncc2C1. The van der Waals surface area contributed by atoms with Crippen LogP contribution >= 0.6 is 11.6 Å². The second-order valence-electron chi connectivity index (χ2n) is 3.99. The van der Waals surface area contributed by atoms with Gasteiger partial charge in [0.25, 0.3) is 0 Å². The van der Waals surface area contributed by atoms with Gasteiger partial charge >= 0.3 is 0 Å². The molecule has 1 aliphatic heterocycles. The van der Waals surface area contributed by atoms with Gasteiger partial charge in [-0.1, -0.05) is 11.6 Å². The first-order valence-electron chi connectivity index (χ1n) is 5.47. The van der Waals surface area contributed by atoms with Gasteiger partial charge in [-0.2, -0.15) is 0 Å². The van der Waals surface area contributed by atoms with E-state index in [1.165, 1.54) is 5.56 Å². The molecule has 3 heterocycles. The molecule has 0 spiro atoms. The van der Waals surface area contributed by atoms with Crippen molar-refractivity contribution in [3.63, 3.8) is 0 Å². The highest BCUT2D eigenvalue weighted by Gasteiger charge is 2.18. The van der Waals surface area contributed by atoms with Gasteiger partial charge < -0.3 is 4.90 Å². The fourth-order valence-corrected chi connectivity index (χ4v) is 2.34. The number of nitrogens with zero attached hydrogens (tertiary/aromatic N) is 4. The maximum Gasteiger partial charge on any atom is 0.115 e. The average Bonchev–Trinajstić information content (AvgIpc) is 2.39. The van der Waals surface area contributed by atoms with Crippen molar-refractivity contribution in [2.45, 2.75) is 13.0 Å². The van der Waals surface area contributed by atoms with Crippen molar-refractivity contribution < 1.29 is 0 Å². The van der Waals surface area contributed by atoms with E-state index in [1.807, 2.05) is 12.3 Å². The predicted molar refractivity (Wildman–Crippen MR) is 66.0 cm³/mol. The molecule has 4 nitrogen and oxygen atoms in total. The van der Waals surface area contributed by atoms with Crippen LogP contribution in [0.25, 0.3) is 0 Å². The Morgan fingerprint density at radius 1 is 1.24 bits per heavy atom. The third-order valence-corrected chi connectivity index (χ3v) is 3.24. The Morgan fingerprint density at radius 3 is 3.06 bits per heavy atom. The van der Waals surface area contributed by atoms with E-state index in [4.69, 9.17) is 11.6 Å². The summed E-state index contributed by atoms with van der Waals surface area (Å²) < 4.78 is 0. The molecule has 86 valence electrons. The Hall–Kier alpha value is -1.68. The van der Waals surface area contributed by atoms with Crippen LogP contribution in [0.4, 0.5) is 5.69 Å². The molecule has 0 saturated heterocycles. The van der Waals surface area contributed by atoms with Gasteiger partial charge in [-0.15, -0.1) is 0 Å². The molecule has 5 heteroatoms. The van der Waals surface area contributed by atoms with Crippen LogP contribution in [0.2, 0.25) is 5.02 Å². The lowest BCUT2D eigenvalue weighted by Crippen LogP contribution is -2.31. The maximum absolute atomic E-state index is 6.15. The summed E-state index contributed by atoms with van der Waals surface area (Å²) in [4.78, 5) is 14.6. The summed E-state index contributed by atoms with van der Waals surface area (Å²) >= 11 is 6.15. The van der Waals surface area contributed by atoms with Crippen molar-refractivity contribution in [2.24, 2.45) is 0 Å². The van der Waals surface area contributed by atoms with Gasteiger partial charge in [-0.25, -0.2) is 9.97 Å². The van der Waals surface area contributed by atoms with E-state index in [0.29, 0.717) is 5.02 Å². The van der Waals surface area contributed by atoms with Crippen LogP contribution in [-0.4, -0.2) is 21.5 Å². The van der Waals surface area contributed by atoms with Crippen LogP contribution in [0.3, 0.4) is 0 Å². The number of hydrogen-bond donors (Lipinski definition) is 0. The van der Waals surface area contributed by atoms with Crippen molar-refractivity contribution >= 4 is 17.3 Å². The van der Waals surface area contributed by atoms with Gasteiger partial charge in [0.05, 0.1) is 16.4 Å². The summed E-state index contributed by atoms with van der Waals surface area (Å²) in [6, 6.07) is 1.94. The third-order valence-electron chi connectivity index (χ3n) is 2.95. The van der Waals surface area contributed by atoms with Crippen molar-refractivity contribution in [2.75, 3.05) is 11.4 Å². The maximum atomic E-state index is 6.15. The normalized spacial score (nSPS) is 14.5. The zero-order valence-electron chi connectivity index (χ0n) is 9.17. The lowest BCUT2D eigenvalue weighted by molar-refractivity contribution is 0.704. The van der Waals surface area contributed by atoms with Gasteiger partial charge in [-0.3, -0.25) is 4.98 Å². The van der Waals surface area contributed by atoms with E-state index < -0.39 is 0 Å². The van der Waals surface area contributed by atoms with E-state index in [9.17, 15) is 0 Å². The summed E-state index contributed by atoms with van der Waals surface area (Å²) in [6.45, 7) is 1.73. The number of aromatic nitrogens is 3. The van der Waals surface area contributed by atoms with Crippen LogP contribution in [0.5, 0.6) is 0 Å². The highest BCUT2D eigenvalue weighted by atomic mass is 35.5. The lowest BCUT2D eigenvalue weighted by Gasteiger charge is -2.30. The molecule has 1 aliphatic rings. The quantitative estimate of drug-likeness (QED) is 0.773. The zero-order chi connectivity index (χ0) is 11.7. The van der Waals surface area contributed by atoms with E-state index in [0.717, 1.165) is 30.9 Å². The summed E-state index contributed by atoms with van der Waals surface area (Å²) in [5.41, 5.74) is 3.34. The van der Waals surface area contributed by atoms with Gasteiger partial charge in [0.1, 0.15) is 6.33 Å². The zero-order valence-corrected chi connectivity index (χ0v) is 9.93. The second-order valence-corrected chi connectivity index (χ2v) is 4.40. The minimum Gasteiger partial charge on any atom is -0.365 e. The number of hydrogen-bond acceptors (Lipinski definition) is 4. The molecule has 0 bridgehead atoms. The Labute approximate surface area is 104 Å². The fraction of sp³-hybridized carbons (Fsp3) is 0.250. The van der Waals surface area contributed by atoms with Gasteiger partial charge in [0.2, 0.25) is 0 Å². The number of halogens is 1. The highest BCUT2D eigenvalue weighted by Crippen LogP contribution is 2.28. The number of pyridine rings is 1. The topological polar surface area (TPSA) is 41.9 Å². The lowest BCUT2D eigenvalue weighted by atomic mass is 10.1. The van der Waals surface area contributed by atoms with Crippen molar-refractivity contribution in [1.82, 2.24) is 15.0 Å². The monoisotopic (exact) mass is 246 g/mol. The molecule has 0 unspecified atom stereocenters. The molecule has 0 fully saturated rings. The van der Waals surface area contributed by atoms with Gasteiger partial charge in [0.15, 0.2) is 0 Å². The van der Waals surface area contributed by atoms with Crippen LogP contribution in [-0.2, 0) is 13.0 Å². The van der Waals surface area contributed by atoms with E-state index in [-0.39, 0.29) is 0 Å². The third kappa shape index (κ3) is 1.96. The first-order valence-corrected chi connectivity index (χ1v) is 5.84. The largest absolute Gasteiger partial charge is 0.365 e. The molecular formula is C12H11ClN4. The first kappa shape index (κ1) is 10.5. The molecule has 0 atom stereocenters. The smallest absolute Gasteiger partial charge is 0.115 e. The van der Waals surface area contributed by atoms with Crippen molar-refractivity contribution in [1.29, 1.82) is 0 Å². The Bertz CT molecular complexity index is 544. The van der Waals surface area contributed by atoms with Crippen LogP contribution in [0.15, 0.2) is 31.0 Å². The molecule has 0 radical (unpaired) electrons. The summed E-state index contributed by atoms with van der Waals surface area (Å²) in [5, 5.41) is 0.688. The first-order chi connectivity index (χ1) is 8.34. The molecule has 0 saturated carbocycles. The molecule has 0 aliphatic carbocycles. The molecule has 0 aromatic carbocycles. The highest BCUT2D eigenvalue weighted by molar-refractivity contribution is 6.33. The molecule has 17 heavy (non-hydrogen) atoms. The Kier molecular flexibility index (Phi) is 2.65. The van der Waals surface area contributed by atoms with Crippen LogP contribution in [0.1, 0.15) is 11.3 Å². The second kappa shape index (κ2) is 4.30. The number of anilines is 1. The Balaban J connectivity index is 1.92. The van der Waals surface area contributed by atoms with Crippen LogP contribution in [0, 0.1) is 0 Å². The molecule has 0 N–H and O–H groups in total. The molecule has 0 amide bonds. The molecule has 2 aromatic rings. The molecular weight excluding hydrogens is 236 g/mol. The molecule has 3 rings (SSSR count). The van der Waals surface area contributed by atoms with Gasteiger partial charge in [-0.05, 0) is 6.07 Å². The van der Waals surface area contributed by atoms with E-state index >= 15 is 0 Å². The minimum atomic E-state index is 0.688. The number of rotatable bonds is 1. The minimum absolute atomic E-state index is 0.688. The predicted octanol–water partition coefficient (Wildman–Crippen LogP) is 2.09. The summed E-state index contributed by atoms with van der Waals surface area (Å²) in [6.07, 6.45) is 7.85. The fourth-order valence-electron chi connectivity index (χ4n) is 2.10. The van der Waals surface area contributed by atoms with E-state index in [1.54, 1.807) is 18.7 Å². The van der Waals surface area contributed by atoms with Crippen molar-refractivity contribution in [3.05, 3.63) is 47.3 Å².